The lowest BCUT2D eigenvalue weighted by Gasteiger charge is -2.17. The van der Waals surface area contributed by atoms with Gasteiger partial charge in [0.05, 0.1) is 17.2 Å². The van der Waals surface area contributed by atoms with Crippen molar-refractivity contribution in [2.24, 2.45) is 0 Å². The Morgan fingerprint density at radius 3 is 2.80 bits per heavy atom. The van der Waals surface area contributed by atoms with Gasteiger partial charge >= 0.3 is 6.36 Å². The van der Waals surface area contributed by atoms with Crippen LogP contribution in [-0.4, -0.2) is 17.9 Å². The van der Waals surface area contributed by atoms with Gasteiger partial charge < -0.3 is 10.1 Å². The van der Waals surface area contributed by atoms with Crippen LogP contribution >= 0.6 is 11.3 Å². The van der Waals surface area contributed by atoms with E-state index in [1.165, 1.54) is 29.5 Å². The summed E-state index contributed by atoms with van der Waals surface area (Å²) in [6, 6.07) is 5.69. The normalized spacial score (nSPS) is 13.2. The monoisotopic (exact) mass is 302 g/mol. The Kier molecular flexibility index (Phi) is 4.61. The van der Waals surface area contributed by atoms with Crippen LogP contribution in [0.15, 0.2) is 35.2 Å². The Hall–Kier alpha value is -1.60. The van der Waals surface area contributed by atoms with Crippen molar-refractivity contribution in [3.05, 3.63) is 46.4 Å². The Bertz CT molecular complexity index is 543. The van der Waals surface area contributed by atoms with Gasteiger partial charge in [-0.15, -0.1) is 24.5 Å². The molecule has 7 heteroatoms. The smallest absolute Gasteiger partial charge is 0.406 e. The first-order valence-electron chi connectivity index (χ1n) is 5.97. The minimum absolute atomic E-state index is 0.229. The molecule has 0 saturated heterocycles. The highest BCUT2D eigenvalue weighted by atomic mass is 32.1. The molecule has 1 N–H and O–H groups in total. The largest absolute Gasteiger partial charge is 0.573 e. The molecule has 108 valence electrons. The van der Waals surface area contributed by atoms with E-state index in [1.54, 1.807) is 11.6 Å². The number of hydrogen-bond acceptors (Lipinski definition) is 4. The summed E-state index contributed by atoms with van der Waals surface area (Å²) in [5.41, 5.74) is 3.15. The number of alkyl halides is 3. The predicted octanol–water partition coefficient (Wildman–Crippen LogP) is 3.74. The summed E-state index contributed by atoms with van der Waals surface area (Å²) < 4.78 is 40.7. The molecule has 1 unspecified atom stereocenters. The lowest BCUT2D eigenvalue weighted by Crippen LogP contribution is -2.22. The SMILES string of the molecule is CCNC(c1cccc(OC(F)(F)F)c1)c1cscn1. The quantitative estimate of drug-likeness (QED) is 0.913. The average molecular weight is 302 g/mol. The molecule has 20 heavy (non-hydrogen) atoms. The molecule has 0 bridgehead atoms. The van der Waals surface area contributed by atoms with Gasteiger partial charge in [-0.05, 0) is 24.2 Å². The van der Waals surface area contributed by atoms with Crippen molar-refractivity contribution in [3.8, 4) is 5.75 Å². The second kappa shape index (κ2) is 6.23. The maximum Gasteiger partial charge on any atom is 0.573 e. The molecule has 0 aliphatic heterocycles. The molecule has 0 fully saturated rings. The standard InChI is InChI=1S/C13H13F3N2OS/c1-2-17-12(11-7-20-8-18-11)9-4-3-5-10(6-9)19-13(14,15)16/h3-8,12,17H,2H2,1H3. The molecule has 0 spiro atoms. The second-order valence-corrected chi connectivity index (χ2v) is 4.74. The summed E-state index contributed by atoms with van der Waals surface area (Å²) in [6.07, 6.45) is -4.69. The second-order valence-electron chi connectivity index (χ2n) is 4.02. The predicted molar refractivity (Wildman–Crippen MR) is 70.8 cm³/mol. The zero-order chi connectivity index (χ0) is 14.6. The van der Waals surface area contributed by atoms with Gasteiger partial charge in [0.25, 0.3) is 0 Å². The zero-order valence-corrected chi connectivity index (χ0v) is 11.5. The lowest BCUT2D eigenvalue weighted by molar-refractivity contribution is -0.274. The molecule has 1 aromatic carbocycles. The van der Waals surface area contributed by atoms with E-state index in [0.29, 0.717) is 12.1 Å². The number of thiazole rings is 1. The van der Waals surface area contributed by atoms with Gasteiger partial charge in [-0.2, -0.15) is 0 Å². The molecular formula is C13H13F3N2OS. The van der Waals surface area contributed by atoms with Crippen LogP contribution in [0.25, 0.3) is 0 Å². The van der Waals surface area contributed by atoms with Crippen molar-refractivity contribution >= 4 is 11.3 Å². The highest BCUT2D eigenvalue weighted by Crippen LogP contribution is 2.28. The topological polar surface area (TPSA) is 34.1 Å². The van der Waals surface area contributed by atoms with Gasteiger partial charge in [-0.25, -0.2) is 4.98 Å². The number of halogens is 3. The van der Waals surface area contributed by atoms with Gasteiger partial charge in [0.1, 0.15) is 5.75 Å². The third-order valence-corrected chi connectivity index (χ3v) is 3.19. The molecule has 2 aromatic rings. The Morgan fingerprint density at radius 2 is 2.20 bits per heavy atom. The fourth-order valence-corrected chi connectivity index (χ4v) is 2.43. The number of nitrogens with one attached hydrogen (secondary N) is 1. The third-order valence-electron chi connectivity index (χ3n) is 2.58. The van der Waals surface area contributed by atoms with Crippen molar-refractivity contribution in [2.75, 3.05) is 6.54 Å². The van der Waals surface area contributed by atoms with E-state index < -0.39 is 6.36 Å². The Balaban J connectivity index is 2.27. The average Bonchev–Trinajstić information content (AvgIpc) is 2.87. The minimum Gasteiger partial charge on any atom is -0.406 e. The lowest BCUT2D eigenvalue weighted by atomic mass is 10.0. The van der Waals surface area contributed by atoms with E-state index in [4.69, 9.17) is 0 Å². The summed E-state index contributed by atoms with van der Waals surface area (Å²) >= 11 is 1.44. The zero-order valence-electron chi connectivity index (χ0n) is 10.6. The number of aromatic nitrogens is 1. The van der Waals surface area contributed by atoms with Crippen LogP contribution in [0.3, 0.4) is 0 Å². The van der Waals surface area contributed by atoms with E-state index in [-0.39, 0.29) is 11.8 Å². The number of benzene rings is 1. The van der Waals surface area contributed by atoms with E-state index in [0.717, 1.165) is 5.69 Å². The molecule has 0 aliphatic rings. The fourth-order valence-electron chi connectivity index (χ4n) is 1.85. The summed E-state index contributed by atoms with van der Waals surface area (Å²) in [7, 11) is 0. The van der Waals surface area contributed by atoms with Crippen LogP contribution in [0.1, 0.15) is 24.2 Å². The van der Waals surface area contributed by atoms with Crippen molar-refractivity contribution in [3.63, 3.8) is 0 Å². The first-order valence-corrected chi connectivity index (χ1v) is 6.91. The molecular weight excluding hydrogens is 289 g/mol. The third kappa shape index (κ3) is 3.94. The van der Waals surface area contributed by atoms with E-state index in [9.17, 15) is 13.2 Å². The number of ether oxygens (including phenoxy) is 1. The first-order chi connectivity index (χ1) is 9.49. The van der Waals surface area contributed by atoms with Crippen LogP contribution < -0.4 is 10.1 Å². The highest BCUT2D eigenvalue weighted by Gasteiger charge is 2.31. The summed E-state index contributed by atoms with van der Waals surface area (Å²) in [6.45, 7) is 2.60. The van der Waals surface area contributed by atoms with Gasteiger partial charge in [0.15, 0.2) is 0 Å². The number of hydrogen-bond donors (Lipinski definition) is 1. The van der Waals surface area contributed by atoms with Crippen LogP contribution in [0.2, 0.25) is 0 Å². The van der Waals surface area contributed by atoms with E-state index in [1.807, 2.05) is 12.3 Å². The van der Waals surface area contributed by atoms with Crippen LogP contribution in [0.5, 0.6) is 5.75 Å². The minimum atomic E-state index is -4.69. The maximum absolute atomic E-state index is 12.2. The molecule has 3 nitrogen and oxygen atoms in total. The molecule has 0 saturated carbocycles. The molecule has 1 heterocycles. The van der Waals surface area contributed by atoms with Crippen molar-refractivity contribution < 1.29 is 17.9 Å². The molecule has 1 atom stereocenters. The summed E-state index contributed by atoms with van der Waals surface area (Å²) in [5.74, 6) is -0.229. The van der Waals surface area contributed by atoms with E-state index >= 15 is 0 Å². The number of nitrogens with zero attached hydrogens (tertiary/aromatic N) is 1. The summed E-state index contributed by atoms with van der Waals surface area (Å²) in [5, 5.41) is 5.06. The summed E-state index contributed by atoms with van der Waals surface area (Å²) in [4.78, 5) is 4.21. The first kappa shape index (κ1) is 14.8. The van der Waals surface area contributed by atoms with E-state index in [2.05, 4.69) is 15.0 Å². The Morgan fingerprint density at radius 1 is 1.40 bits per heavy atom. The molecule has 1 aromatic heterocycles. The van der Waals surface area contributed by atoms with Crippen LogP contribution in [0, 0.1) is 0 Å². The van der Waals surface area contributed by atoms with Crippen molar-refractivity contribution in [1.82, 2.24) is 10.3 Å². The molecule has 0 radical (unpaired) electrons. The van der Waals surface area contributed by atoms with Gasteiger partial charge in [0, 0.05) is 5.38 Å². The van der Waals surface area contributed by atoms with Gasteiger partial charge in [0.2, 0.25) is 0 Å². The maximum atomic E-state index is 12.2. The highest BCUT2D eigenvalue weighted by molar-refractivity contribution is 7.07. The molecule has 2 rings (SSSR count). The molecule has 0 aliphatic carbocycles. The van der Waals surface area contributed by atoms with Crippen LogP contribution in [-0.2, 0) is 0 Å². The number of rotatable bonds is 5. The van der Waals surface area contributed by atoms with Gasteiger partial charge in [-0.1, -0.05) is 19.1 Å². The molecule has 0 amide bonds. The van der Waals surface area contributed by atoms with Crippen molar-refractivity contribution in [1.29, 1.82) is 0 Å². The Labute approximate surface area is 118 Å². The van der Waals surface area contributed by atoms with Crippen molar-refractivity contribution in [2.45, 2.75) is 19.3 Å². The van der Waals surface area contributed by atoms with Crippen LogP contribution in [0.4, 0.5) is 13.2 Å². The van der Waals surface area contributed by atoms with Gasteiger partial charge in [-0.3, -0.25) is 0 Å². The fraction of sp³-hybridized carbons (Fsp3) is 0.308.